The number of aryl methyl sites for hydroxylation is 2. The fraction of sp³-hybridized carbons (Fsp3) is 0.654. The molecule has 0 aliphatic heterocycles. The lowest BCUT2D eigenvalue weighted by Gasteiger charge is -2.28. The molecule has 0 bridgehead atoms. The summed E-state index contributed by atoms with van der Waals surface area (Å²) < 4.78 is 13.5. The summed E-state index contributed by atoms with van der Waals surface area (Å²) in [7, 11) is 3.58. The Morgan fingerprint density at radius 3 is 2.69 bits per heavy atom. The minimum Gasteiger partial charge on any atom is -0.488 e. The number of rotatable bonds is 10. The normalized spacial score (nSPS) is 20.6. The first-order valence-corrected chi connectivity index (χ1v) is 13.0. The van der Waals surface area contributed by atoms with E-state index in [4.69, 9.17) is 14.5 Å². The van der Waals surface area contributed by atoms with Crippen molar-refractivity contribution >= 4 is 12.1 Å². The van der Waals surface area contributed by atoms with E-state index in [9.17, 15) is 14.7 Å². The van der Waals surface area contributed by atoms with Gasteiger partial charge in [-0.05, 0) is 63.5 Å². The Labute approximate surface area is 212 Å². The topological polar surface area (TPSA) is 120 Å². The maximum Gasteiger partial charge on any atom is 0.410 e. The van der Waals surface area contributed by atoms with E-state index in [2.05, 4.69) is 17.2 Å². The lowest BCUT2D eigenvalue weighted by molar-refractivity contribution is -0.143. The Balaban J connectivity index is 1.46. The van der Waals surface area contributed by atoms with Gasteiger partial charge in [0, 0.05) is 19.6 Å². The highest BCUT2D eigenvalue weighted by Gasteiger charge is 2.48. The summed E-state index contributed by atoms with van der Waals surface area (Å²) in [5.41, 5.74) is 2.57. The van der Waals surface area contributed by atoms with Gasteiger partial charge in [-0.2, -0.15) is 0 Å². The van der Waals surface area contributed by atoms with Gasteiger partial charge in [0.05, 0.1) is 23.4 Å². The SMILES string of the molecule is CCCC1(N(C)C(=O)OCc2c(-c3ccc(O[C@H]4CCC[C@H](C(=O)O)C4)c(CC)n3)nnn2C)CC1. The molecule has 0 radical (unpaired) electrons. The molecule has 0 unspecified atom stereocenters. The van der Waals surface area contributed by atoms with Crippen molar-refractivity contribution in [2.45, 2.75) is 89.9 Å². The van der Waals surface area contributed by atoms with Crippen LogP contribution in [0, 0.1) is 5.92 Å². The van der Waals surface area contributed by atoms with E-state index in [-0.39, 0.29) is 30.3 Å². The van der Waals surface area contributed by atoms with Crippen molar-refractivity contribution < 1.29 is 24.2 Å². The van der Waals surface area contributed by atoms with Crippen molar-refractivity contribution in [1.29, 1.82) is 0 Å². The number of carboxylic acids is 1. The minimum absolute atomic E-state index is 0.0459. The van der Waals surface area contributed by atoms with Crippen LogP contribution in [-0.2, 0) is 29.6 Å². The molecule has 2 atom stereocenters. The summed E-state index contributed by atoms with van der Waals surface area (Å²) in [6.45, 7) is 4.17. The van der Waals surface area contributed by atoms with Gasteiger partial charge in [-0.1, -0.05) is 25.5 Å². The number of hydrogen-bond donors (Lipinski definition) is 1. The molecule has 2 aromatic heterocycles. The molecule has 10 heteroatoms. The van der Waals surface area contributed by atoms with Crippen molar-refractivity contribution in [2.75, 3.05) is 7.05 Å². The van der Waals surface area contributed by atoms with E-state index in [0.717, 1.165) is 44.2 Å². The van der Waals surface area contributed by atoms with Crippen LogP contribution < -0.4 is 4.74 Å². The molecule has 1 N–H and O–H groups in total. The van der Waals surface area contributed by atoms with Gasteiger partial charge in [-0.3, -0.25) is 4.79 Å². The molecule has 2 heterocycles. The zero-order valence-corrected chi connectivity index (χ0v) is 21.7. The van der Waals surface area contributed by atoms with Crippen LogP contribution >= 0.6 is 0 Å². The third-order valence-corrected chi connectivity index (χ3v) is 7.58. The summed E-state index contributed by atoms with van der Waals surface area (Å²) in [5, 5.41) is 17.8. The predicted molar refractivity (Wildman–Crippen MR) is 132 cm³/mol. The molecular weight excluding hydrogens is 462 g/mol. The summed E-state index contributed by atoms with van der Waals surface area (Å²) in [6.07, 6.45) is 7.08. The second kappa shape index (κ2) is 10.8. The molecule has 2 fully saturated rings. The number of aromatic nitrogens is 4. The van der Waals surface area contributed by atoms with E-state index in [1.54, 1.807) is 16.6 Å². The van der Waals surface area contributed by atoms with Gasteiger partial charge < -0.3 is 19.5 Å². The molecule has 196 valence electrons. The molecule has 2 aliphatic rings. The average molecular weight is 500 g/mol. The molecule has 0 saturated heterocycles. The lowest BCUT2D eigenvalue weighted by atomic mass is 9.87. The van der Waals surface area contributed by atoms with Gasteiger partial charge in [0.2, 0.25) is 0 Å². The van der Waals surface area contributed by atoms with Crippen LogP contribution in [-0.4, -0.2) is 60.7 Å². The Kier molecular flexibility index (Phi) is 7.80. The largest absolute Gasteiger partial charge is 0.488 e. The Morgan fingerprint density at radius 2 is 2.03 bits per heavy atom. The second-order valence-corrected chi connectivity index (χ2v) is 10.0. The molecule has 2 aliphatic carbocycles. The highest BCUT2D eigenvalue weighted by Crippen LogP contribution is 2.45. The number of nitrogens with zero attached hydrogens (tertiary/aromatic N) is 5. The predicted octanol–water partition coefficient (Wildman–Crippen LogP) is 4.36. The molecule has 0 aromatic carbocycles. The molecule has 0 spiro atoms. The lowest BCUT2D eigenvalue weighted by Crippen LogP contribution is -2.39. The number of pyridine rings is 1. The first kappa shape index (κ1) is 25.9. The van der Waals surface area contributed by atoms with Crippen LogP contribution in [0.5, 0.6) is 5.75 Å². The fourth-order valence-electron chi connectivity index (χ4n) is 5.16. The van der Waals surface area contributed by atoms with Crippen LogP contribution in [0.4, 0.5) is 4.79 Å². The Bertz CT molecular complexity index is 1100. The average Bonchev–Trinajstić information content (AvgIpc) is 3.57. The number of carboxylic acid groups (broad SMARTS) is 1. The molecule has 10 nitrogen and oxygen atoms in total. The summed E-state index contributed by atoms with van der Waals surface area (Å²) in [4.78, 5) is 30.7. The first-order valence-electron chi connectivity index (χ1n) is 13.0. The van der Waals surface area contributed by atoms with Crippen LogP contribution in [0.15, 0.2) is 12.1 Å². The van der Waals surface area contributed by atoms with Crippen molar-refractivity contribution in [2.24, 2.45) is 13.0 Å². The number of hydrogen-bond acceptors (Lipinski definition) is 7. The first-order chi connectivity index (χ1) is 17.3. The van der Waals surface area contributed by atoms with Gasteiger partial charge in [0.1, 0.15) is 23.7 Å². The van der Waals surface area contributed by atoms with E-state index < -0.39 is 5.97 Å². The van der Waals surface area contributed by atoms with Crippen molar-refractivity contribution in [3.63, 3.8) is 0 Å². The number of amides is 1. The van der Waals surface area contributed by atoms with Crippen molar-refractivity contribution in [3.05, 3.63) is 23.5 Å². The number of carbonyl (C=O) groups excluding carboxylic acids is 1. The third-order valence-electron chi connectivity index (χ3n) is 7.58. The highest BCUT2D eigenvalue weighted by atomic mass is 16.6. The summed E-state index contributed by atoms with van der Waals surface area (Å²) >= 11 is 0. The summed E-state index contributed by atoms with van der Waals surface area (Å²) in [5.74, 6) is -0.449. The van der Waals surface area contributed by atoms with Gasteiger partial charge in [0.25, 0.3) is 0 Å². The molecule has 1 amide bonds. The zero-order chi connectivity index (χ0) is 25.9. The minimum atomic E-state index is -0.757. The van der Waals surface area contributed by atoms with Crippen LogP contribution in [0.2, 0.25) is 0 Å². The van der Waals surface area contributed by atoms with Crippen molar-refractivity contribution in [3.8, 4) is 17.1 Å². The maximum absolute atomic E-state index is 12.7. The number of ether oxygens (including phenoxy) is 2. The maximum atomic E-state index is 12.7. The zero-order valence-electron chi connectivity index (χ0n) is 21.7. The van der Waals surface area contributed by atoms with Gasteiger partial charge in [0.15, 0.2) is 0 Å². The molecule has 2 saturated carbocycles. The van der Waals surface area contributed by atoms with Crippen LogP contribution in [0.25, 0.3) is 11.4 Å². The molecule has 2 aromatic rings. The van der Waals surface area contributed by atoms with Crippen LogP contribution in [0.3, 0.4) is 0 Å². The molecule has 4 rings (SSSR count). The number of carbonyl (C=O) groups is 2. The molecule has 36 heavy (non-hydrogen) atoms. The Hall–Kier alpha value is -3.17. The van der Waals surface area contributed by atoms with Crippen molar-refractivity contribution in [1.82, 2.24) is 24.9 Å². The van der Waals surface area contributed by atoms with Crippen LogP contribution in [0.1, 0.15) is 76.6 Å². The van der Waals surface area contributed by atoms with Gasteiger partial charge in [-0.15, -0.1) is 5.10 Å². The quantitative estimate of drug-likeness (QED) is 0.512. The smallest absolute Gasteiger partial charge is 0.410 e. The molecular formula is C26H37N5O5. The van der Waals surface area contributed by atoms with E-state index in [1.165, 1.54) is 0 Å². The van der Waals surface area contributed by atoms with Gasteiger partial charge in [-0.25, -0.2) is 14.5 Å². The fourth-order valence-corrected chi connectivity index (χ4v) is 5.16. The van der Waals surface area contributed by atoms with E-state index in [0.29, 0.717) is 42.1 Å². The van der Waals surface area contributed by atoms with Gasteiger partial charge >= 0.3 is 12.1 Å². The second-order valence-electron chi connectivity index (χ2n) is 10.0. The van der Waals surface area contributed by atoms with E-state index in [1.807, 2.05) is 26.1 Å². The monoisotopic (exact) mass is 499 g/mol. The Morgan fingerprint density at radius 1 is 1.25 bits per heavy atom. The standard InChI is InChI=1S/C26H37N5O5/c1-5-12-26(13-14-26)30(3)25(34)35-16-21-23(28-29-31(21)4)20-10-11-22(19(6-2)27-20)36-18-9-7-8-17(15-18)24(32)33/h10-11,17-18H,5-9,12-16H2,1-4H3,(H,32,33)/t17-,18-/m0/s1. The summed E-state index contributed by atoms with van der Waals surface area (Å²) in [6, 6.07) is 3.69. The third kappa shape index (κ3) is 5.47. The number of aliphatic carboxylic acids is 1. The highest BCUT2D eigenvalue weighted by molar-refractivity contribution is 5.70. The van der Waals surface area contributed by atoms with E-state index >= 15 is 0 Å².